The van der Waals surface area contributed by atoms with E-state index in [1.807, 2.05) is 36.1 Å². The van der Waals surface area contributed by atoms with Gasteiger partial charge in [-0.2, -0.15) is 0 Å². The molecule has 3 saturated heterocycles. The summed E-state index contributed by atoms with van der Waals surface area (Å²) in [5.74, 6) is 1.26. The predicted octanol–water partition coefficient (Wildman–Crippen LogP) is 4.40. The number of carbonyl (C=O) groups excluding carboxylic acids is 2. The summed E-state index contributed by atoms with van der Waals surface area (Å²) < 4.78 is 34.2. The van der Waals surface area contributed by atoms with E-state index < -0.39 is 5.82 Å². The molecule has 1 spiro atoms. The van der Waals surface area contributed by atoms with Gasteiger partial charge in [0.1, 0.15) is 23.9 Å². The Morgan fingerprint density at radius 2 is 1.67 bits per heavy atom. The molecule has 4 aromatic rings. The van der Waals surface area contributed by atoms with E-state index in [4.69, 9.17) is 29.2 Å². The summed E-state index contributed by atoms with van der Waals surface area (Å²) in [6.07, 6.45) is 3.14. The number of halogens is 1. The van der Waals surface area contributed by atoms with Crippen LogP contribution in [0.15, 0.2) is 48.7 Å². The maximum atomic E-state index is 16.6. The van der Waals surface area contributed by atoms with Crippen molar-refractivity contribution < 1.29 is 28.2 Å². The number of amides is 2. The van der Waals surface area contributed by atoms with Crippen LogP contribution in [-0.2, 0) is 16.1 Å². The van der Waals surface area contributed by atoms with Gasteiger partial charge in [0.2, 0.25) is 23.6 Å². The first-order valence-corrected chi connectivity index (χ1v) is 17.7. The molecule has 4 aliphatic heterocycles. The number of hydrogen-bond donors (Lipinski definition) is 1. The van der Waals surface area contributed by atoms with Crippen LogP contribution in [0.5, 0.6) is 17.5 Å². The normalized spacial score (nSPS) is 19.6. The minimum absolute atomic E-state index is 0.0598. The van der Waals surface area contributed by atoms with Gasteiger partial charge in [-0.1, -0.05) is 30.3 Å². The summed E-state index contributed by atoms with van der Waals surface area (Å²) in [7, 11) is 3.15. The van der Waals surface area contributed by atoms with Gasteiger partial charge in [0.15, 0.2) is 0 Å². The van der Waals surface area contributed by atoms with E-state index in [1.165, 1.54) is 0 Å². The number of nitrogens with one attached hydrogen (secondary N) is 1. The zero-order valence-corrected chi connectivity index (χ0v) is 29.9. The number of ether oxygens (including phenoxy) is 3. The number of likely N-dealkylation sites (tertiary alicyclic amines) is 1. The number of fused-ring (bicyclic) bond motifs is 1. The number of carbonyl (C=O) groups is 2. The topological polar surface area (TPSA) is 122 Å². The standard InChI is InChI=1S/C39H42FN7O5/c1-23-25(7-5-8-26(23)30-18-41-31(37(43-30)50-3)19-45-13-15-46(16-14-45)24(2)48)27-9-6-10-28(36(27)40)29-17-33-35(38(42-29)51-4)32(20-52-33)47-21-39(22-47)12-11-34(49)44-39/h5-10,17-18,32H,11-16,19-22H2,1-4H3,(H,44,49)/t32-/m0/s1. The Balaban J connectivity index is 1.05. The van der Waals surface area contributed by atoms with Crippen molar-refractivity contribution in [2.45, 2.75) is 44.8 Å². The summed E-state index contributed by atoms with van der Waals surface area (Å²) in [4.78, 5) is 44.4. The molecule has 0 saturated carbocycles. The van der Waals surface area contributed by atoms with E-state index in [-0.39, 0.29) is 23.4 Å². The highest BCUT2D eigenvalue weighted by molar-refractivity contribution is 5.81. The van der Waals surface area contributed by atoms with Crippen molar-refractivity contribution in [3.8, 4) is 51.2 Å². The molecule has 0 radical (unpaired) electrons. The first kappa shape index (κ1) is 34.0. The van der Waals surface area contributed by atoms with Crippen molar-refractivity contribution in [3.63, 3.8) is 0 Å². The molecule has 0 bridgehead atoms. The molecule has 2 aromatic carbocycles. The lowest BCUT2D eigenvalue weighted by atomic mass is 9.86. The fraction of sp³-hybridized carbons (Fsp3) is 0.410. The smallest absolute Gasteiger partial charge is 0.237 e. The van der Waals surface area contributed by atoms with Gasteiger partial charge in [0.25, 0.3) is 0 Å². The zero-order valence-electron chi connectivity index (χ0n) is 29.9. The quantitative estimate of drug-likeness (QED) is 0.282. The molecule has 8 rings (SSSR count). The summed E-state index contributed by atoms with van der Waals surface area (Å²) in [5, 5.41) is 3.14. The lowest BCUT2D eigenvalue weighted by molar-refractivity contribution is -0.130. The number of aromatic nitrogens is 3. The van der Waals surface area contributed by atoms with Crippen molar-refractivity contribution in [1.82, 2.24) is 35.0 Å². The molecule has 0 aliphatic carbocycles. The molecule has 12 nitrogen and oxygen atoms in total. The van der Waals surface area contributed by atoms with E-state index in [1.54, 1.807) is 45.5 Å². The number of rotatable bonds is 8. The van der Waals surface area contributed by atoms with Gasteiger partial charge in [-0.05, 0) is 30.5 Å². The zero-order chi connectivity index (χ0) is 36.1. The summed E-state index contributed by atoms with van der Waals surface area (Å²) in [6.45, 7) is 8.90. The second-order valence-corrected chi connectivity index (χ2v) is 14.1. The Labute approximate surface area is 301 Å². The average molecular weight is 708 g/mol. The Morgan fingerprint density at radius 1 is 0.981 bits per heavy atom. The number of nitrogens with zero attached hydrogens (tertiary/aromatic N) is 6. The molecule has 2 amide bonds. The van der Waals surface area contributed by atoms with Crippen molar-refractivity contribution in [1.29, 1.82) is 0 Å². The molecule has 4 aliphatic rings. The van der Waals surface area contributed by atoms with Crippen LogP contribution in [0.3, 0.4) is 0 Å². The van der Waals surface area contributed by atoms with Crippen molar-refractivity contribution in [3.05, 3.63) is 71.3 Å². The third-order valence-electron chi connectivity index (χ3n) is 11.0. The van der Waals surface area contributed by atoms with Crippen LogP contribution in [-0.4, -0.2) is 107 Å². The van der Waals surface area contributed by atoms with Crippen LogP contribution in [0.4, 0.5) is 4.39 Å². The predicted molar refractivity (Wildman–Crippen MR) is 191 cm³/mol. The molecule has 1 atom stereocenters. The van der Waals surface area contributed by atoms with Gasteiger partial charge in [-0.15, -0.1) is 0 Å². The van der Waals surface area contributed by atoms with Crippen LogP contribution < -0.4 is 19.5 Å². The second-order valence-electron chi connectivity index (χ2n) is 14.1. The Kier molecular flexibility index (Phi) is 8.78. The molecule has 6 heterocycles. The maximum Gasteiger partial charge on any atom is 0.237 e. The Bertz CT molecular complexity index is 2060. The van der Waals surface area contributed by atoms with Gasteiger partial charge in [0.05, 0.1) is 48.9 Å². The molecule has 0 unspecified atom stereocenters. The minimum Gasteiger partial charge on any atom is -0.491 e. The first-order chi connectivity index (χ1) is 25.2. The highest BCUT2D eigenvalue weighted by Crippen LogP contribution is 2.47. The van der Waals surface area contributed by atoms with Crippen LogP contribution in [0.25, 0.3) is 33.6 Å². The third kappa shape index (κ3) is 6.01. The monoisotopic (exact) mass is 707 g/mol. The van der Waals surface area contributed by atoms with E-state index in [9.17, 15) is 9.59 Å². The van der Waals surface area contributed by atoms with Crippen molar-refractivity contribution in [2.75, 3.05) is 60.1 Å². The Morgan fingerprint density at radius 3 is 2.37 bits per heavy atom. The third-order valence-corrected chi connectivity index (χ3v) is 11.0. The second kappa shape index (κ2) is 13.4. The SMILES string of the molecule is COc1nc(-c2cccc(-c3cccc(-c4cc5c(c(OC)n4)[C@@H](N4CC6(CCC(=O)N6)C4)CO5)c3F)c2C)cnc1CN1CCN(C(C)=O)CC1. The number of methoxy groups -OCH3 is 2. The highest BCUT2D eigenvalue weighted by atomic mass is 19.1. The highest BCUT2D eigenvalue weighted by Gasteiger charge is 2.51. The van der Waals surface area contributed by atoms with Crippen LogP contribution in [0, 0.1) is 12.7 Å². The molecule has 2 aromatic heterocycles. The summed E-state index contributed by atoms with van der Waals surface area (Å²) >= 11 is 0. The van der Waals surface area contributed by atoms with Crippen molar-refractivity contribution >= 4 is 11.8 Å². The van der Waals surface area contributed by atoms with E-state index in [2.05, 4.69) is 15.1 Å². The van der Waals surface area contributed by atoms with E-state index in [0.717, 1.165) is 60.5 Å². The lowest BCUT2D eigenvalue weighted by Gasteiger charge is -2.50. The van der Waals surface area contributed by atoms with E-state index in [0.29, 0.717) is 72.7 Å². The van der Waals surface area contributed by atoms with Crippen LogP contribution >= 0.6 is 0 Å². The lowest BCUT2D eigenvalue weighted by Crippen LogP contribution is -2.67. The van der Waals surface area contributed by atoms with Crippen molar-refractivity contribution in [2.24, 2.45) is 0 Å². The molecule has 3 fully saturated rings. The van der Waals surface area contributed by atoms with Crippen LogP contribution in [0.1, 0.15) is 42.6 Å². The van der Waals surface area contributed by atoms with Gasteiger partial charge in [-0.25, -0.2) is 14.4 Å². The molecule has 270 valence electrons. The van der Waals surface area contributed by atoms with Gasteiger partial charge in [0, 0.05) is 81.9 Å². The summed E-state index contributed by atoms with van der Waals surface area (Å²) in [6, 6.07) is 12.8. The fourth-order valence-corrected chi connectivity index (χ4v) is 8.11. The minimum atomic E-state index is -0.405. The molecular formula is C39H42FN7O5. The number of piperazine rings is 1. The number of benzene rings is 2. The number of pyridine rings is 1. The number of hydrogen-bond acceptors (Lipinski definition) is 10. The largest absolute Gasteiger partial charge is 0.491 e. The Hall–Kier alpha value is -5.14. The van der Waals surface area contributed by atoms with Gasteiger partial charge < -0.3 is 24.4 Å². The first-order valence-electron chi connectivity index (χ1n) is 17.7. The average Bonchev–Trinajstić information content (AvgIpc) is 3.75. The fourth-order valence-electron chi connectivity index (χ4n) is 8.11. The molecule has 1 N–H and O–H groups in total. The maximum absolute atomic E-state index is 16.6. The van der Waals surface area contributed by atoms with E-state index >= 15 is 4.39 Å². The van der Waals surface area contributed by atoms with Gasteiger partial charge in [-0.3, -0.25) is 24.4 Å². The molecular weight excluding hydrogens is 665 g/mol. The summed E-state index contributed by atoms with van der Waals surface area (Å²) in [5.41, 5.74) is 5.61. The van der Waals surface area contributed by atoms with Crippen LogP contribution in [0.2, 0.25) is 0 Å². The molecule has 13 heteroatoms. The molecule has 52 heavy (non-hydrogen) atoms. The van der Waals surface area contributed by atoms with Gasteiger partial charge >= 0.3 is 0 Å².